The first kappa shape index (κ1) is 19.6. The number of esters is 1. The molecule has 1 rings (SSSR count). The van der Waals surface area contributed by atoms with Crippen LogP contribution in [0.4, 0.5) is 8.78 Å². The summed E-state index contributed by atoms with van der Waals surface area (Å²) in [5, 5.41) is 9.78. The number of aromatic hydroxyl groups is 1. The van der Waals surface area contributed by atoms with Crippen molar-refractivity contribution >= 4 is 50.2 Å². The van der Waals surface area contributed by atoms with E-state index < -0.39 is 23.7 Å². The van der Waals surface area contributed by atoms with Gasteiger partial charge in [0.05, 0.1) is 11.1 Å². The van der Waals surface area contributed by atoms with Crippen LogP contribution in [0.5, 0.6) is 5.75 Å². The first-order valence-corrected chi connectivity index (χ1v) is 6.79. The lowest BCUT2D eigenvalue weighted by Gasteiger charge is -2.23. The van der Waals surface area contributed by atoms with Gasteiger partial charge in [0.25, 0.3) is 0 Å². The molecule has 0 aromatic heterocycles. The van der Waals surface area contributed by atoms with E-state index in [1.165, 1.54) is 19.1 Å². The molecule has 4 nitrogen and oxygen atoms in total. The van der Waals surface area contributed by atoms with Gasteiger partial charge in [-0.15, -0.1) is 12.4 Å². The Bertz CT molecular complexity index is 503. The highest BCUT2D eigenvalue weighted by Gasteiger charge is 2.49. The number of hydrogen-bond donors (Lipinski definition) is 2. The van der Waals surface area contributed by atoms with Crippen LogP contribution in [0.15, 0.2) is 21.1 Å². The van der Waals surface area contributed by atoms with Gasteiger partial charge in [-0.2, -0.15) is 8.78 Å². The van der Waals surface area contributed by atoms with Crippen LogP contribution in [-0.4, -0.2) is 23.6 Å². The lowest BCUT2D eigenvalue weighted by Crippen LogP contribution is -2.42. The standard InChI is InChI=1S/C11H11Br2F2NO3.ClH/c1-2-19-10(18)11(14,15)9(16)7-5(12)3-4-6(13)8(7)17;/h3-4,9,17H,2,16H2,1H3;1H/t9-;/m0./s1. The maximum absolute atomic E-state index is 13.8. The summed E-state index contributed by atoms with van der Waals surface area (Å²) >= 11 is 6.01. The van der Waals surface area contributed by atoms with E-state index >= 15 is 0 Å². The molecule has 0 amide bonds. The summed E-state index contributed by atoms with van der Waals surface area (Å²) in [5.74, 6) is -6.13. The second-order valence-electron chi connectivity index (χ2n) is 3.61. The van der Waals surface area contributed by atoms with E-state index in [0.29, 0.717) is 0 Å². The largest absolute Gasteiger partial charge is 0.506 e. The highest BCUT2D eigenvalue weighted by Crippen LogP contribution is 2.42. The monoisotopic (exact) mass is 437 g/mol. The summed E-state index contributed by atoms with van der Waals surface area (Å²) < 4.78 is 32.3. The molecule has 0 bridgehead atoms. The van der Waals surface area contributed by atoms with Gasteiger partial charge in [-0.05, 0) is 35.0 Å². The lowest BCUT2D eigenvalue weighted by atomic mass is 10.0. The Hall–Kier alpha value is -0.440. The minimum atomic E-state index is -3.95. The van der Waals surface area contributed by atoms with Gasteiger partial charge in [-0.1, -0.05) is 15.9 Å². The number of nitrogens with two attached hydrogens (primary N) is 1. The maximum atomic E-state index is 13.8. The number of benzene rings is 1. The molecular formula is C11H12Br2ClF2NO3. The van der Waals surface area contributed by atoms with Crippen LogP contribution in [0.2, 0.25) is 0 Å². The molecule has 1 aromatic carbocycles. The number of ether oxygens (including phenoxy) is 1. The predicted octanol–water partition coefficient (Wildman–Crippen LogP) is 3.54. The van der Waals surface area contributed by atoms with Crippen molar-refractivity contribution in [3.63, 3.8) is 0 Å². The minimum absolute atomic E-state index is 0. The smallest absolute Gasteiger partial charge is 0.379 e. The zero-order valence-corrected chi connectivity index (χ0v) is 14.2. The van der Waals surface area contributed by atoms with Crippen LogP contribution >= 0.6 is 44.3 Å². The van der Waals surface area contributed by atoms with Gasteiger partial charge in [0, 0.05) is 10.0 Å². The second-order valence-corrected chi connectivity index (χ2v) is 5.32. The molecule has 0 saturated heterocycles. The van der Waals surface area contributed by atoms with Crippen molar-refractivity contribution in [3.05, 3.63) is 26.6 Å². The fourth-order valence-corrected chi connectivity index (χ4v) is 2.30. The predicted molar refractivity (Wildman–Crippen MR) is 79.3 cm³/mol. The fraction of sp³-hybridized carbons (Fsp3) is 0.364. The highest BCUT2D eigenvalue weighted by atomic mass is 79.9. The number of phenols is 1. The summed E-state index contributed by atoms with van der Waals surface area (Å²) in [6.07, 6.45) is 0. The Kier molecular flexibility index (Phi) is 7.37. The molecule has 0 aliphatic carbocycles. The summed E-state index contributed by atoms with van der Waals surface area (Å²) in [5.41, 5.74) is 5.14. The highest BCUT2D eigenvalue weighted by molar-refractivity contribution is 9.11. The van der Waals surface area contributed by atoms with E-state index in [0.717, 1.165) is 0 Å². The molecule has 0 saturated carbocycles. The molecule has 1 aromatic rings. The van der Waals surface area contributed by atoms with Gasteiger partial charge in [0.1, 0.15) is 11.8 Å². The number of carbonyl (C=O) groups excluding carboxylic acids is 1. The molecule has 0 radical (unpaired) electrons. The second kappa shape index (κ2) is 7.53. The first-order chi connectivity index (χ1) is 8.73. The molecule has 20 heavy (non-hydrogen) atoms. The van der Waals surface area contributed by atoms with Gasteiger partial charge in [-0.25, -0.2) is 4.79 Å². The number of alkyl halides is 2. The quantitative estimate of drug-likeness (QED) is 0.704. The summed E-state index contributed by atoms with van der Waals surface area (Å²) in [7, 11) is 0. The molecule has 0 heterocycles. The molecular weight excluding hydrogens is 427 g/mol. The number of hydrogen-bond acceptors (Lipinski definition) is 4. The van der Waals surface area contributed by atoms with Crippen LogP contribution in [-0.2, 0) is 9.53 Å². The average molecular weight is 439 g/mol. The number of rotatable bonds is 4. The summed E-state index contributed by atoms with van der Waals surface area (Å²) in [4.78, 5) is 11.2. The van der Waals surface area contributed by atoms with Crippen molar-refractivity contribution in [2.45, 2.75) is 18.9 Å². The molecule has 0 aliphatic rings. The Balaban J connectivity index is 0.00000361. The van der Waals surface area contributed by atoms with Crippen LogP contribution in [0.1, 0.15) is 18.5 Å². The molecule has 114 valence electrons. The van der Waals surface area contributed by atoms with Gasteiger partial charge in [0.2, 0.25) is 0 Å². The number of carbonyl (C=O) groups is 1. The zero-order chi connectivity index (χ0) is 14.8. The van der Waals surface area contributed by atoms with Crippen LogP contribution in [0, 0.1) is 0 Å². The van der Waals surface area contributed by atoms with Gasteiger partial charge >= 0.3 is 11.9 Å². The van der Waals surface area contributed by atoms with E-state index in [-0.39, 0.29) is 33.5 Å². The van der Waals surface area contributed by atoms with Crippen molar-refractivity contribution in [2.24, 2.45) is 5.73 Å². The van der Waals surface area contributed by atoms with Crippen LogP contribution in [0.25, 0.3) is 0 Å². The normalized spacial score (nSPS) is 12.5. The van der Waals surface area contributed by atoms with E-state index in [9.17, 15) is 18.7 Å². The van der Waals surface area contributed by atoms with E-state index in [1.807, 2.05) is 0 Å². The Morgan fingerprint density at radius 2 is 1.95 bits per heavy atom. The summed E-state index contributed by atoms with van der Waals surface area (Å²) in [6, 6.07) is 0.858. The van der Waals surface area contributed by atoms with E-state index in [1.54, 1.807) is 0 Å². The Labute approximate surface area is 137 Å². The van der Waals surface area contributed by atoms with Crippen LogP contribution < -0.4 is 5.73 Å². The molecule has 0 spiro atoms. The molecule has 1 atom stereocenters. The van der Waals surface area contributed by atoms with Crippen molar-refractivity contribution in [1.29, 1.82) is 0 Å². The zero-order valence-electron chi connectivity index (χ0n) is 10.2. The van der Waals surface area contributed by atoms with Gasteiger partial charge in [-0.3, -0.25) is 0 Å². The van der Waals surface area contributed by atoms with Crippen molar-refractivity contribution in [1.82, 2.24) is 0 Å². The summed E-state index contributed by atoms with van der Waals surface area (Å²) in [6.45, 7) is 1.22. The Morgan fingerprint density at radius 3 is 2.45 bits per heavy atom. The molecule has 0 fully saturated rings. The fourth-order valence-electron chi connectivity index (χ4n) is 1.39. The molecule has 3 N–H and O–H groups in total. The number of halogens is 5. The van der Waals surface area contributed by atoms with Gasteiger partial charge < -0.3 is 15.6 Å². The van der Waals surface area contributed by atoms with Crippen molar-refractivity contribution < 1.29 is 23.4 Å². The molecule has 0 aliphatic heterocycles. The van der Waals surface area contributed by atoms with E-state index in [2.05, 4.69) is 36.6 Å². The Morgan fingerprint density at radius 1 is 1.45 bits per heavy atom. The van der Waals surface area contributed by atoms with Crippen molar-refractivity contribution in [3.8, 4) is 5.75 Å². The first-order valence-electron chi connectivity index (χ1n) is 5.20. The third-order valence-corrected chi connectivity index (χ3v) is 3.70. The topological polar surface area (TPSA) is 72.5 Å². The lowest BCUT2D eigenvalue weighted by molar-refractivity contribution is -0.174. The van der Waals surface area contributed by atoms with Crippen molar-refractivity contribution in [2.75, 3.05) is 6.61 Å². The van der Waals surface area contributed by atoms with Gasteiger partial charge in [0.15, 0.2) is 0 Å². The SMILES string of the molecule is CCOC(=O)C(F)(F)[C@@H](N)c1c(Br)ccc(Br)c1O.Cl. The third kappa shape index (κ3) is 3.81. The molecule has 0 unspecified atom stereocenters. The average Bonchev–Trinajstić information content (AvgIpc) is 2.34. The molecule has 9 heteroatoms. The number of phenolic OH excluding ortho intramolecular Hbond substituents is 1. The minimum Gasteiger partial charge on any atom is -0.506 e. The third-order valence-electron chi connectivity index (χ3n) is 2.36. The maximum Gasteiger partial charge on any atom is 0.379 e. The van der Waals surface area contributed by atoms with Crippen LogP contribution in [0.3, 0.4) is 0 Å². The van der Waals surface area contributed by atoms with E-state index in [4.69, 9.17) is 5.73 Å².